The number of benzene rings is 3. The zero-order valence-corrected chi connectivity index (χ0v) is 18.3. The van der Waals surface area contributed by atoms with E-state index >= 15 is 0 Å². The maximum atomic E-state index is 13.8. The molecule has 0 saturated heterocycles. The Morgan fingerprint density at radius 2 is 1.68 bits per heavy atom. The van der Waals surface area contributed by atoms with Crippen LogP contribution in [0.5, 0.6) is 11.5 Å². The molecule has 6 nitrogen and oxygen atoms in total. The number of carbonyl (C=O) groups excluding carboxylic acids is 2. The third-order valence-corrected chi connectivity index (χ3v) is 6.43. The number of anilines is 1. The van der Waals surface area contributed by atoms with Crippen molar-refractivity contribution in [1.29, 1.82) is 0 Å². The Balaban J connectivity index is 1.43. The van der Waals surface area contributed by atoms with Crippen LogP contribution in [0.1, 0.15) is 23.1 Å². The zero-order chi connectivity index (χ0) is 23.2. The number of hydrogen-bond donors (Lipinski definition) is 0. The molecule has 0 spiro atoms. The van der Waals surface area contributed by atoms with Crippen LogP contribution in [0.3, 0.4) is 0 Å². The predicted molar refractivity (Wildman–Crippen MR) is 124 cm³/mol. The van der Waals surface area contributed by atoms with Crippen molar-refractivity contribution in [2.45, 2.75) is 19.4 Å². The summed E-state index contributed by atoms with van der Waals surface area (Å²) in [6, 6.07) is 19.0. The van der Waals surface area contributed by atoms with E-state index in [0.717, 1.165) is 29.7 Å². The Morgan fingerprint density at radius 3 is 2.53 bits per heavy atom. The van der Waals surface area contributed by atoms with Crippen LogP contribution < -0.4 is 14.4 Å². The lowest BCUT2D eigenvalue weighted by Crippen LogP contribution is -2.36. The van der Waals surface area contributed by atoms with Crippen LogP contribution in [0.15, 0.2) is 72.4 Å². The highest BCUT2D eigenvalue weighted by Crippen LogP contribution is 2.39. The van der Waals surface area contributed by atoms with Crippen molar-refractivity contribution in [3.8, 4) is 11.5 Å². The third-order valence-electron chi connectivity index (χ3n) is 6.43. The molecular weight excluding hydrogens is 435 g/mol. The second-order valence-electron chi connectivity index (χ2n) is 8.50. The van der Waals surface area contributed by atoms with Gasteiger partial charge in [-0.05, 0) is 59.9 Å². The van der Waals surface area contributed by atoms with Gasteiger partial charge in [0.1, 0.15) is 11.5 Å². The number of nitrogens with zero attached hydrogens (tertiary/aromatic N) is 2. The Labute approximate surface area is 195 Å². The number of halogens is 1. The Morgan fingerprint density at radius 1 is 0.882 bits per heavy atom. The van der Waals surface area contributed by atoms with Gasteiger partial charge in [0, 0.05) is 12.2 Å². The lowest BCUT2D eigenvalue weighted by atomic mass is 9.98. The molecule has 0 aromatic heterocycles. The van der Waals surface area contributed by atoms with E-state index in [-0.39, 0.29) is 19.2 Å². The average molecular weight is 456 g/mol. The van der Waals surface area contributed by atoms with E-state index in [1.807, 2.05) is 35.2 Å². The van der Waals surface area contributed by atoms with Crippen molar-refractivity contribution in [2.24, 2.45) is 0 Å². The first kappa shape index (κ1) is 20.5. The van der Waals surface area contributed by atoms with Gasteiger partial charge in [-0.1, -0.05) is 36.4 Å². The summed E-state index contributed by atoms with van der Waals surface area (Å²) in [7, 11) is 0. The van der Waals surface area contributed by atoms with E-state index in [1.54, 1.807) is 24.3 Å². The number of rotatable bonds is 4. The van der Waals surface area contributed by atoms with Gasteiger partial charge in [-0.2, -0.15) is 0 Å². The second-order valence-corrected chi connectivity index (χ2v) is 8.50. The molecule has 0 atom stereocenters. The van der Waals surface area contributed by atoms with Gasteiger partial charge in [0.05, 0.1) is 12.1 Å². The highest BCUT2D eigenvalue weighted by atomic mass is 19.1. The summed E-state index contributed by atoms with van der Waals surface area (Å²) in [6.45, 7) is 0.862. The van der Waals surface area contributed by atoms with Gasteiger partial charge in [-0.3, -0.25) is 14.5 Å². The van der Waals surface area contributed by atoms with Crippen molar-refractivity contribution in [3.63, 3.8) is 0 Å². The molecule has 7 heteroatoms. The highest BCUT2D eigenvalue weighted by molar-refractivity contribution is 6.36. The van der Waals surface area contributed by atoms with Gasteiger partial charge in [-0.25, -0.2) is 4.39 Å². The van der Waals surface area contributed by atoms with Crippen molar-refractivity contribution >= 4 is 23.1 Å². The molecule has 0 unspecified atom stereocenters. The number of hydrogen-bond acceptors (Lipinski definition) is 5. The largest absolute Gasteiger partial charge is 0.454 e. The van der Waals surface area contributed by atoms with Crippen molar-refractivity contribution < 1.29 is 23.5 Å². The van der Waals surface area contributed by atoms with Gasteiger partial charge in [-0.15, -0.1) is 0 Å². The molecule has 0 bridgehead atoms. The van der Waals surface area contributed by atoms with Crippen LogP contribution >= 0.6 is 0 Å². The van der Waals surface area contributed by atoms with E-state index in [1.165, 1.54) is 17.0 Å². The number of aryl methyl sites for hydroxylation is 1. The van der Waals surface area contributed by atoms with Crippen LogP contribution in [-0.2, 0) is 22.6 Å². The second kappa shape index (κ2) is 8.02. The minimum absolute atomic E-state index is 0.0952. The van der Waals surface area contributed by atoms with Crippen LogP contribution in [0, 0.1) is 5.82 Å². The number of ether oxygens (including phenoxy) is 2. The molecule has 0 saturated carbocycles. The van der Waals surface area contributed by atoms with E-state index in [2.05, 4.69) is 0 Å². The number of carbonyl (C=O) groups is 2. The number of imide groups is 1. The first-order valence-electron chi connectivity index (χ1n) is 11.2. The lowest BCUT2D eigenvalue weighted by Gasteiger charge is -2.32. The molecule has 3 heterocycles. The summed E-state index contributed by atoms with van der Waals surface area (Å²) in [6.07, 6.45) is 1.77. The summed E-state index contributed by atoms with van der Waals surface area (Å²) in [5, 5.41) is 0. The standard InChI is InChI=1S/C27H21FN2O4/c28-20-10-8-19(9-11-20)24-25(29-13-3-5-18-4-1-2-6-21(18)29)27(32)30(26(24)31)15-17-7-12-22-23(14-17)34-16-33-22/h1-2,4,6-12,14H,3,5,13,15-16H2. The Kier molecular flexibility index (Phi) is 4.83. The summed E-state index contributed by atoms with van der Waals surface area (Å²) in [4.78, 5) is 30.7. The predicted octanol–water partition coefficient (Wildman–Crippen LogP) is 4.29. The van der Waals surface area contributed by atoms with Crippen LogP contribution in [0.25, 0.3) is 5.57 Å². The van der Waals surface area contributed by atoms with E-state index in [9.17, 15) is 14.0 Å². The fraction of sp³-hybridized carbons (Fsp3) is 0.185. The quantitative estimate of drug-likeness (QED) is 0.549. The molecule has 0 N–H and O–H groups in total. The lowest BCUT2D eigenvalue weighted by molar-refractivity contribution is -0.137. The molecule has 6 rings (SSSR count). The average Bonchev–Trinajstić information content (AvgIpc) is 3.42. The van der Waals surface area contributed by atoms with Gasteiger partial charge < -0.3 is 14.4 Å². The fourth-order valence-corrected chi connectivity index (χ4v) is 4.82. The van der Waals surface area contributed by atoms with E-state index < -0.39 is 11.7 Å². The fourth-order valence-electron chi connectivity index (χ4n) is 4.82. The maximum absolute atomic E-state index is 13.8. The summed E-state index contributed by atoms with van der Waals surface area (Å²) in [5.74, 6) is 0.0706. The highest BCUT2D eigenvalue weighted by Gasteiger charge is 2.42. The van der Waals surface area contributed by atoms with Gasteiger partial charge in [0.25, 0.3) is 11.8 Å². The molecule has 170 valence electrons. The van der Waals surface area contributed by atoms with Crippen molar-refractivity contribution in [1.82, 2.24) is 4.90 Å². The van der Waals surface area contributed by atoms with Crippen molar-refractivity contribution in [2.75, 3.05) is 18.2 Å². The van der Waals surface area contributed by atoms with Crippen molar-refractivity contribution in [3.05, 3.63) is 94.9 Å². The SMILES string of the molecule is O=C1C(c2ccc(F)cc2)=C(N2CCCc3ccccc32)C(=O)N1Cc1ccc2c(c1)OCO2. The first-order chi connectivity index (χ1) is 16.6. The van der Waals surface area contributed by atoms with Crippen LogP contribution in [-0.4, -0.2) is 30.1 Å². The summed E-state index contributed by atoms with van der Waals surface area (Å²) < 4.78 is 24.5. The molecule has 3 aliphatic rings. The molecule has 0 radical (unpaired) electrons. The Hall–Kier alpha value is -4.13. The van der Waals surface area contributed by atoms with Gasteiger partial charge >= 0.3 is 0 Å². The molecule has 0 aliphatic carbocycles. The number of fused-ring (bicyclic) bond motifs is 2. The van der Waals surface area contributed by atoms with Gasteiger partial charge in [0.2, 0.25) is 6.79 Å². The monoisotopic (exact) mass is 456 g/mol. The molecular formula is C27H21FN2O4. The van der Waals surface area contributed by atoms with Crippen LogP contribution in [0.4, 0.5) is 10.1 Å². The zero-order valence-electron chi connectivity index (χ0n) is 18.3. The molecule has 2 amide bonds. The first-order valence-corrected chi connectivity index (χ1v) is 11.2. The topological polar surface area (TPSA) is 59.1 Å². The third kappa shape index (κ3) is 3.32. The molecule has 34 heavy (non-hydrogen) atoms. The van der Waals surface area contributed by atoms with Crippen LogP contribution in [0.2, 0.25) is 0 Å². The number of amides is 2. The minimum atomic E-state index is -0.400. The van der Waals surface area contributed by atoms with E-state index in [0.29, 0.717) is 34.9 Å². The molecule has 3 aromatic carbocycles. The Bertz CT molecular complexity index is 1350. The number of para-hydroxylation sites is 1. The van der Waals surface area contributed by atoms with Gasteiger partial charge in [0.15, 0.2) is 11.5 Å². The maximum Gasteiger partial charge on any atom is 0.278 e. The normalized spacial score (nSPS) is 17.0. The van der Waals surface area contributed by atoms with E-state index in [4.69, 9.17) is 9.47 Å². The molecule has 3 aliphatic heterocycles. The minimum Gasteiger partial charge on any atom is -0.454 e. The molecule has 0 fully saturated rings. The summed E-state index contributed by atoms with van der Waals surface area (Å²) >= 11 is 0. The molecule has 3 aromatic rings. The summed E-state index contributed by atoms with van der Waals surface area (Å²) in [5.41, 5.74) is 3.96. The smallest absolute Gasteiger partial charge is 0.278 e.